The maximum atomic E-state index is 12.2. The summed E-state index contributed by atoms with van der Waals surface area (Å²) in [5.74, 6) is 0.244. The maximum absolute atomic E-state index is 12.2. The lowest BCUT2D eigenvalue weighted by Gasteiger charge is -2.20. The molecular formula is C19H23N5O3. The molecule has 3 N–H and O–H groups in total. The fourth-order valence-electron chi connectivity index (χ4n) is 2.96. The lowest BCUT2D eigenvalue weighted by Crippen LogP contribution is -2.37. The van der Waals surface area contributed by atoms with Gasteiger partial charge in [0.2, 0.25) is 0 Å². The summed E-state index contributed by atoms with van der Waals surface area (Å²) in [6.45, 7) is 3.74. The zero-order chi connectivity index (χ0) is 19.4. The zero-order valence-corrected chi connectivity index (χ0v) is 15.4. The molecule has 0 aliphatic carbocycles. The summed E-state index contributed by atoms with van der Waals surface area (Å²) in [6, 6.07) is 8.14. The molecule has 0 saturated carbocycles. The molecule has 142 valence electrons. The van der Waals surface area contributed by atoms with E-state index in [4.69, 9.17) is 5.11 Å². The standard InChI is InChI=1S/C19H23N5O3/c1-12-17(23-13(2)19(27)20-9-15(26)10-25)18(22-11-21-12)24-8-7-14-5-3-4-6-16(14)24/h3-6,11,15,25-26H,7-10H2,1-2H3,(H,20,27). The molecule has 1 aliphatic rings. The third-order valence-corrected chi connectivity index (χ3v) is 4.45. The van der Waals surface area contributed by atoms with Gasteiger partial charge in [0.1, 0.15) is 17.7 Å². The molecule has 1 aromatic heterocycles. The second-order valence-corrected chi connectivity index (χ2v) is 6.41. The number of hydrogen-bond acceptors (Lipinski definition) is 7. The first-order valence-electron chi connectivity index (χ1n) is 8.80. The molecule has 27 heavy (non-hydrogen) atoms. The van der Waals surface area contributed by atoms with E-state index in [-0.39, 0.29) is 12.3 Å². The number of fused-ring (bicyclic) bond motifs is 1. The van der Waals surface area contributed by atoms with E-state index < -0.39 is 18.6 Å². The van der Waals surface area contributed by atoms with Crippen molar-refractivity contribution in [2.45, 2.75) is 26.4 Å². The number of rotatable bonds is 6. The number of carbonyl (C=O) groups excluding carboxylic acids is 1. The van der Waals surface area contributed by atoms with Gasteiger partial charge in [-0.05, 0) is 31.9 Å². The van der Waals surface area contributed by atoms with E-state index in [1.165, 1.54) is 11.9 Å². The highest BCUT2D eigenvalue weighted by atomic mass is 16.3. The van der Waals surface area contributed by atoms with Crippen molar-refractivity contribution in [3.63, 3.8) is 0 Å². The van der Waals surface area contributed by atoms with Crippen LogP contribution >= 0.6 is 0 Å². The normalized spacial score (nSPS) is 14.8. The molecule has 8 heteroatoms. The van der Waals surface area contributed by atoms with Crippen molar-refractivity contribution in [2.75, 3.05) is 24.6 Å². The van der Waals surface area contributed by atoms with Gasteiger partial charge in [-0.1, -0.05) is 18.2 Å². The quantitative estimate of drug-likeness (QED) is 0.656. The van der Waals surface area contributed by atoms with Gasteiger partial charge < -0.3 is 20.4 Å². The summed E-state index contributed by atoms with van der Waals surface area (Å²) in [6.07, 6.45) is 1.42. The average molecular weight is 369 g/mol. The average Bonchev–Trinajstić information content (AvgIpc) is 3.11. The molecule has 8 nitrogen and oxygen atoms in total. The highest BCUT2D eigenvalue weighted by Gasteiger charge is 2.24. The molecule has 2 aromatic rings. The van der Waals surface area contributed by atoms with Crippen molar-refractivity contribution < 1.29 is 15.0 Å². The SMILES string of the molecule is CC(=Nc1c(C)ncnc1N1CCc2ccccc21)C(=O)NCC(O)CO. The number of carbonyl (C=O) groups is 1. The number of nitrogens with one attached hydrogen (secondary N) is 1. The zero-order valence-electron chi connectivity index (χ0n) is 15.4. The number of aliphatic hydroxyl groups excluding tert-OH is 2. The van der Waals surface area contributed by atoms with Crippen LogP contribution in [0.15, 0.2) is 35.6 Å². The Morgan fingerprint density at radius 3 is 2.93 bits per heavy atom. The Balaban J connectivity index is 1.90. The summed E-state index contributed by atoms with van der Waals surface area (Å²) in [5.41, 5.74) is 3.78. The third kappa shape index (κ3) is 4.12. The predicted octanol–water partition coefficient (Wildman–Crippen LogP) is 1.04. The lowest BCUT2D eigenvalue weighted by atomic mass is 10.2. The second kappa shape index (κ2) is 8.24. The molecule has 1 unspecified atom stereocenters. The summed E-state index contributed by atoms with van der Waals surface area (Å²) in [4.78, 5) is 27.4. The van der Waals surface area contributed by atoms with E-state index in [1.807, 2.05) is 25.1 Å². The maximum Gasteiger partial charge on any atom is 0.265 e. The van der Waals surface area contributed by atoms with Crippen LogP contribution in [0.2, 0.25) is 0 Å². The first kappa shape index (κ1) is 18.9. The Morgan fingerprint density at radius 1 is 1.37 bits per heavy atom. The minimum atomic E-state index is -1.000. The number of para-hydroxylation sites is 1. The van der Waals surface area contributed by atoms with Gasteiger partial charge in [0.15, 0.2) is 5.82 Å². The number of aromatic nitrogens is 2. The highest BCUT2D eigenvalue weighted by Crippen LogP contribution is 2.38. The summed E-state index contributed by atoms with van der Waals surface area (Å²) in [7, 11) is 0. The monoisotopic (exact) mass is 369 g/mol. The van der Waals surface area contributed by atoms with Crippen molar-refractivity contribution >= 4 is 28.8 Å². The van der Waals surface area contributed by atoms with Gasteiger partial charge in [0.05, 0.1) is 18.4 Å². The largest absolute Gasteiger partial charge is 0.394 e. The second-order valence-electron chi connectivity index (χ2n) is 6.41. The van der Waals surface area contributed by atoms with Gasteiger partial charge >= 0.3 is 0 Å². The minimum absolute atomic E-state index is 0.0428. The van der Waals surface area contributed by atoms with Gasteiger partial charge in [-0.25, -0.2) is 15.0 Å². The smallest absolute Gasteiger partial charge is 0.265 e. The number of aryl methyl sites for hydroxylation is 1. The Morgan fingerprint density at radius 2 is 2.15 bits per heavy atom. The molecule has 0 saturated heterocycles. The summed E-state index contributed by atoms with van der Waals surface area (Å²) >= 11 is 0. The molecule has 0 fully saturated rings. The van der Waals surface area contributed by atoms with Crippen molar-refractivity contribution in [1.29, 1.82) is 0 Å². The third-order valence-electron chi connectivity index (χ3n) is 4.45. The van der Waals surface area contributed by atoms with Crippen molar-refractivity contribution in [2.24, 2.45) is 4.99 Å². The van der Waals surface area contributed by atoms with Crippen LogP contribution in [-0.2, 0) is 11.2 Å². The van der Waals surface area contributed by atoms with Gasteiger partial charge in [-0.2, -0.15) is 0 Å². The summed E-state index contributed by atoms with van der Waals surface area (Å²) < 4.78 is 0. The Labute approximate surface area is 157 Å². The number of aliphatic hydroxyl groups is 2. The van der Waals surface area contributed by atoms with Crippen LogP contribution < -0.4 is 10.2 Å². The van der Waals surface area contributed by atoms with Gasteiger partial charge in [0, 0.05) is 18.8 Å². The fourth-order valence-corrected chi connectivity index (χ4v) is 2.96. The van der Waals surface area contributed by atoms with Crippen molar-refractivity contribution in [3.8, 4) is 0 Å². The molecule has 0 bridgehead atoms. The van der Waals surface area contributed by atoms with E-state index in [9.17, 15) is 9.90 Å². The Hall–Kier alpha value is -2.84. The first-order valence-corrected chi connectivity index (χ1v) is 8.80. The summed E-state index contributed by atoms with van der Waals surface area (Å²) in [5, 5.41) is 20.8. The van der Waals surface area contributed by atoms with E-state index in [0.717, 1.165) is 18.7 Å². The molecule has 1 amide bonds. The molecule has 1 aliphatic heterocycles. The van der Waals surface area contributed by atoms with Gasteiger partial charge in [-0.15, -0.1) is 0 Å². The number of anilines is 2. The van der Waals surface area contributed by atoms with Crippen LogP contribution in [0.25, 0.3) is 0 Å². The van der Waals surface area contributed by atoms with Crippen LogP contribution in [-0.4, -0.2) is 57.6 Å². The van der Waals surface area contributed by atoms with Crippen LogP contribution in [0.1, 0.15) is 18.2 Å². The van der Waals surface area contributed by atoms with E-state index in [2.05, 4.69) is 31.2 Å². The van der Waals surface area contributed by atoms with Crippen molar-refractivity contribution in [3.05, 3.63) is 41.9 Å². The highest BCUT2D eigenvalue weighted by molar-refractivity contribution is 6.38. The molecule has 1 aromatic carbocycles. The molecule has 0 radical (unpaired) electrons. The predicted molar refractivity (Wildman–Crippen MR) is 103 cm³/mol. The lowest BCUT2D eigenvalue weighted by molar-refractivity contribution is -0.115. The molecule has 3 rings (SSSR count). The molecule has 0 spiro atoms. The number of amides is 1. The van der Waals surface area contributed by atoms with Gasteiger partial charge in [-0.3, -0.25) is 4.79 Å². The van der Waals surface area contributed by atoms with Crippen molar-refractivity contribution in [1.82, 2.24) is 15.3 Å². The van der Waals surface area contributed by atoms with E-state index in [1.54, 1.807) is 6.92 Å². The topological polar surface area (TPSA) is 111 Å². The number of hydrogen-bond donors (Lipinski definition) is 3. The number of aliphatic imine (C=N–C) groups is 1. The van der Waals surface area contributed by atoms with Crippen LogP contribution in [0.3, 0.4) is 0 Å². The van der Waals surface area contributed by atoms with E-state index >= 15 is 0 Å². The molecular weight excluding hydrogens is 346 g/mol. The minimum Gasteiger partial charge on any atom is -0.394 e. The van der Waals surface area contributed by atoms with E-state index in [0.29, 0.717) is 17.2 Å². The molecule has 1 atom stereocenters. The van der Waals surface area contributed by atoms with Crippen LogP contribution in [0, 0.1) is 6.92 Å². The van der Waals surface area contributed by atoms with Crippen LogP contribution in [0.5, 0.6) is 0 Å². The van der Waals surface area contributed by atoms with Crippen LogP contribution in [0.4, 0.5) is 17.2 Å². The molecule has 2 heterocycles. The van der Waals surface area contributed by atoms with Gasteiger partial charge in [0.25, 0.3) is 5.91 Å². The number of nitrogens with zero attached hydrogens (tertiary/aromatic N) is 4. The Bertz CT molecular complexity index is 868. The number of benzene rings is 1. The first-order chi connectivity index (χ1) is 13.0. The fraction of sp³-hybridized carbons (Fsp3) is 0.368. The Kier molecular flexibility index (Phi) is 5.78.